The van der Waals surface area contributed by atoms with E-state index in [1.165, 1.54) is 0 Å². The molecular formula is C7H14O6. The van der Waals surface area contributed by atoms with Gasteiger partial charge in [0.1, 0.15) is 23.9 Å². The summed E-state index contributed by atoms with van der Waals surface area (Å²) in [5, 5.41) is 44.8. The van der Waals surface area contributed by atoms with Crippen LogP contribution < -0.4 is 0 Å². The summed E-state index contributed by atoms with van der Waals surface area (Å²) in [5.74, 6) is 0. The fraction of sp³-hybridized carbons (Fsp3) is 0.857. The van der Waals surface area contributed by atoms with E-state index in [2.05, 4.69) is 0 Å². The third-order valence-corrected chi connectivity index (χ3v) is 1.88. The zero-order valence-corrected chi connectivity index (χ0v) is 7.16. The first-order valence-electron chi connectivity index (χ1n) is 3.70. The summed E-state index contributed by atoms with van der Waals surface area (Å²) in [7, 11) is 0. The Balaban J connectivity index is 4.51. The van der Waals surface area contributed by atoms with Gasteiger partial charge >= 0.3 is 0 Å². The monoisotopic (exact) mass is 194 g/mol. The molecule has 0 spiro atoms. The van der Waals surface area contributed by atoms with Crippen LogP contribution in [0.2, 0.25) is 0 Å². The first-order chi connectivity index (χ1) is 5.87. The molecule has 0 aromatic carbocycles. The smallest absolute Gasteiger partial charge is 0.151 e. The Bertz CT molecular complexity index is 168. The SMILES string of the molecule is C[C@](O)([C@H](O)[C@H](O)CO)[C@@H](O)C=O. The number of hydrogen-bond acceptors (Lipinski definition) is 6. The molecule has 0 aliphatic heterocycles. The van der Waals surface area contributed by atoms with Crippen molar-refractivity contribution in [3.8, 4) is 0 Å². The van der Waals surface area contributed by atoms with Crippen molar-refractivity contribution in [1.82, 2.24) is 0 Å². The van der Waals surface area contributed by atoms with Gasteiger partial charge in [0.2, 0.25) is 0 Å². The molecule has 78 valence electrons. The van der Waals surface area contributed by atoms with E-state index in [-0.39, 0.29) is 6.29 Å². The van der Waals surface area contributed by atoms with Crippen molar-refractivity contribution in [2.24, 2.45) is 0 Å². The Morgan fingerprint density at radius 3 is 2.15 bits per heavy atom. The summed E-state index contributed by atoms with van der Waals surface area (Å²) < 4.78 is 0. The van der Waals surface area contributed by atoms with Crippen molar-refractivity contribution < 1.29 is 30.3 Å². The number of carbonyl (C=O) groups excluding carboxylic acids is 1. The predicted octanol–water partition coefficient (Wildman–Crippen LogP) is -2.99. The zero-order valence-electron chi connectivity index (χ0n) is 7.16. The van der Waals surface area contributed by atoms with E-state index >= 15 is 0 Å². The minimum atomic E-state index is -2.18. The summed E-state index contributed by atoms with van der Waals surface area (Å²) in [4.78, 5) is 10.1. The second kappa shape index (κ2) is 4.64. The van der Waals surface area contributed by atoms with E-state index in [0.29, 0.717) is 0 Å². The minimum absolute atomic E-state index is 0.0350. The average molecular weight is 194 g/mol. The van der Waals surface area contributed by atoms with Gasteiger partial charge in [0.15, 0.2) is 6.29 Å². The molecule has 0 aromatic rings. The Morgan fingerprint density at radius 2 is 1.85 bits per heavy atom. The highest BCUT2D eigenvalue weighted by atomic mass is 16.4. The Morgan fingerprint density at radius 1 is 1.38 bits per heavy atom. The van der Waals surface area contributed by atoms with Gasteiger partial charge in [-0.15, -0.1) is 0 Å². The van der Waals surface area contributed by atoms with Gasteiger partial charge in [-0.25, -0.2) is 0 Å². The number of carbonyl (C=O) groups is 1. The Hall–Kier alpha value is -0.530. The molecule has 6 heteroatoms. The van der Waals surface area contributed by atoms with Crippen molar-refractivity contribution in [3.05, 3.63) is 0 Å². The lowest BCUT2D eigenvalue weighted by molar-refractivity contribution is -0.173. The maximum absolute atomic E-state index is 10.1. The largest absolute Gasteiger partial charge is 0.394 e. The van der Waals surface area contributed by atoms with Crippen LogP contribution in [0.15, 0.2) is 0 Å². The maximum atomic E-state index is 10.1. The highest BCUT2D eigenvalue weighted by Gasteiger charge is 2.41. The van der Waals surface area contributed by atoms with Gasteiger partial charge < -0.3 is 30.3 Å². The average Bonchev–Trinajstić information content (AvgIpc) is 2.13. The molecule has 0 rings (SSSR count). The molecule has 0 fully saturated rings. The Labute approximate surface area is 75.1 Å². The van der Waals surface area contributed by atoms with Crippen molar-refractivity contribution >= 4 is 6.29 Å². The summed E-state index contributed by atoms with van der Waals surface area (Å²) in [6.07, 6.45) is -5.18. The highest BCUT2D eigenvalue weighted by Crippen LogP contribution is 2.16. The standard InChI is InChI=1S/C7H14O6/c1-7(13,5(11)3-9)6(12)4(10)2-8/h3-6,8,10-13H,2H2,1H3/t4-,5+,6-,7-/m1/s1. The van der Waals surface area contributed by atoms with Crippen molar-refractivity contribution in [3.63, 3.8) is 0 Å². The lowest BCUT2D eigenvalue weighted by atomic mass is 9.90. The normalized spacial score (nSPS) is 22.9. The summed E-state index contributed by atoms with van der Waals surface area (Å²) >= 11 is 0. The van der Waals surface area contributed by atoms with Gasteiger partial charge in [-0.05, 0) is 6.92 Å². The quantitative estimate of drug-likeness (QED) is 0.298. The number of rotatable bonds is 5. The van der Waals surface area contributed by atoms with Crippen LogP contribution in [0.25, 0.3) is 0 Å². The fourth-order valence-electron chi connectivity index (χ4n) is 0.802. The van der Waals surface area contributed by atoms with Gasteiger partial charge in [0.25, 0.3) is 0 Å². The van der Waals surface area contributed by atoms with Crippen LogP contribution in [-0.2, 0) is 4.79 Å². The van der Waals surface area contributed by atoms with E-state index < -0.39 is 30.5 Å². The molecule has 6 nitrogen and oxygen atoms in total. The molecule has 0 saturated heterocycles. The van der Waals surface area contributed by atoms with Gasteiger partial charge in [0, 0.05) is 0 Å². The molecule has 5 N–H and O–H groups in total. The van der Waals surface area contributed by atoms with Gasteiger partial charge in [-0.3, -0.25) is 0 Å². The van der Waals surface area contributed by atoms with Crippen LogP contribution >= 0.6 is 0 Å². The number of aldehydes is 1. The zero-order chi connectivity index (χ0) is 10.6. The van der Waals surface area contributed by atoms with Crippen LogP contribution in [0.5, 0.6) is 0 Å². The van der Waals surface area contributed by atoms with Gasteiger partial charge in [0.05, 0.1) is 6.61 Å². The topological polar surface area (TPSA) is 118 Å². The molecule has 0 unspecified atom stereocenters. The number of aliphatic hydroxyl groups is 5. The molecule has 0 amide bonds. The molecule has 0 aromatic heterocycles. The molecule has 0 aliphatic carbocycles. The van der Waals surface area contributed by atoms with Crippen LogP contribution in [0.4, 0.5) is 0 Å². The summed E-state index contributed by atoms with van der Waals surface area (Å²) in [6.45, 7) is 0.207. The van der Waals surface area contributed by atoms with Gasteiger partial charge in [-0.1, -0.05) is 0 Å². The Kier molecular flexibility index (Phi) is 4.45. The summed E-state index contributed by atoms with van der Waals surface area (Å²) in [5.41, 5.74) is -2.18. The molecule has 0 aliphatic rings. The van der Waals surface area contributed by atoms with Crippen molar-refractivity contribution in [2.75, 3.05) is 6.61 Å². The van der Waals surface area contributed by atoms with Crippen molar-refractivity contribution in [2.45, 2.75) is 30.8 Å². The van der Waals surface area contributed by atoms with Crippen LogP contribution in [0.1, 0.15) is 6.92 Å². The van der Waals surface area contributed by atoms with E-state index in [1.807, 2.05) is 0 Å². The molecule has 0 heterocycles. The number of aliphatic hydroxyl groups excluding tert-OH is 4. The van der Waals surface area contributed by atoms with Crippen LogP contribution in [-0.4, -0.2) is 62.3 Å². The molecule has 0 saturated carbocycles. The molecule has 13 heavy (non-hydrogen) atoms. The van der Waals surface area contributed by atoms with E-state index in [4.69, 9.17) is 20.4 Å². The first kappa shape index (κ1) is 12.5. The molecule has 0 bridgehead atoms. The second-order valence-electron chi connectivity index (χ2n) is 3.00. The van der Waals surface area contributed by atoms with Crippen LogP contribution in [0.3, 0.4) is 0 Å². The predicted molar refractivity (Wildman–Crippen MR) is 41.8 cm³/mol. The third kappa shape index (κ3) is 2.71. The van der Waals surface area contributed by atoms with Crippen molar-refractivity contribution in [1.29, 1.82) is 0 Å². The van der Waals surface area contributed by atoms with Crippen LogP contribution in [0, 0.1) is 0 Å². The first-order valence-corrected chi connectivity index (χ1v) is 3.70. The maximum Gasteiger partial charge on any atom is 0.151 e. The van der Waals surface area contributed by atoms with Gasteiger partial charge in [-0.2, -0.15) is 0 Å². The van der Waals surface area contributed by atoms with E-state index in [1.54, 1.807) is 0 Å². The lowest BCUT2D eigenvalue weighted by Gasteiger charge is -2.32. The fourth-order valence-corrected chi connectivity index (χ4v) is 0.802. The number of hydrogen-bond donors (Lipinski definition) is 5. The van der Waals surface area contributed by atoms with E-state index in [9.17, 15) is 9.90 Å². The van der Waals surface area contributed by atoms with E-state index in [0.717, 1.165) is 6.92 Å². The molecule has 0 radical (unpaired) electrons. The molecule has 4 atom stereocenters. The minimum Gasteiger partial charge on any atom is -0.394 e. The lowest BCUT2D eigenvalue weighted by Crippen LogP contribution is -2.56. The third-order valence-electron chi connectivity index (χ3n) is 1.88. The second-order valence-corrected chi connectivity index (χ2v) is 3.00. The molecular weight excluding hydrogens is 180 g/mol. The highest BCUT2D eigenvalue weighted by molar-refractivity contribution is 5.58. The summed E-state index contributed by atoms with van der Waals surface area (Å²) in [6, 6.07) is 0.